The van der Waals surface area contributed by atoms with E-state index in [0.29, 0.717) is 5.75 Å². The fraction of sp³-hybridized carbons (Fsp3) is 0.516. The number of carbonyl (C=O) groups is 1. The number of aromatic nitrogens is 3. The number of nitrogens with zero attached hydrogens (tertiary/aromatic N) is 2. The van der Waals surface area contributed by atoms with Crippen molar-refractivity contribution in [3.63, 3.8) is 0 Å². The van der Waals surface area contributed by atoms with E-state index in [1.165, 1.54) is 65.6 Å². The van der Waals surface area contributed by atoms with Gasteiger partial charge in [-0.1, -0.05) is 36.9 Å². The van der Waals surface area contributed by atoms with Crippen molar-refractivity contribution in [1.29, 1.82) is 0 Å². The molecule has 1 N–H and O–H groups in total. The first-order valence-corrected chi connectivity index (χ1v) is 15.9. The van der Waals surface area contributed by atoms with Crippen LogP contribution in [0.1, 0.15) is 78.5 Å². The number of thiophene rings is 1. The van der Waals surface area contributed by atoms with Crippen molar-refractivity contribution in [3.05, 3.63) is 52.3 Å². The van der Waals surface area contributed by atoms with Crippen LogP contribution < -0.4 is 0 Å². The van der Waals surface area contributed by atoms with Crippen molar-refractivity contribution >= 4 is 50.0 Å². The van der Waals surface area contributed by atoms with Crippen LogP contribution in [0.15, 0.2) is 35.5 Å². The molecule has 5 aliphatic carbocycles. The van der Waals surface area contributed by atoms with E-state index in [2.05, 4.69) is 11.9 Å². The molecule has 4 saturated carbocycles. The molecule has 0 amide bonds. The lowest BCUT2D eigenvalue weighted by Crippen LogP contribution is -2.49. The number of thioether (sulfide) groups is 1. The summed E-state index contributed by atoms with van der Waals surface area (Å²) in [6.45, 7) is 2.37. The maximum Gasteiger partial charge on any atom is 0.175 e. The van der Waals surface area contributed by atoms with Gasteiger partial charge in [0.1, 0.15) is 15.7 Å². The molecule has 9 rings (SSSR count). The molecule has 4 fully saturated rings. The number of para-hydroxylation sites is 1. The number of Topliss-reactive ketones (excluding diaryl/α,β-unsaturated/α-hetero) is 1. The molecule has 0 radical (unpaired) electrons. The molecule has 0 aliphatic heterocycles. The van der Waals surface area contributed by atoms with Crippen LogP contribution >= 0.6 is 23.1 Å². The third-order valence-corrected chi connectivity index (χ3v) is 12.0. The zero-order valence-corrected chi connectivity index (χ0v) is 23.0. The smallest absolute Gasteiger partial charge is 0.175 e. The Balaban J connectivity index is 1.19. The van der Waals surface area contributed by atoms with Gasteiger partial charge in [-0.2, -0.15) is 0 Å². The number of aryl methyl sites for hydroxylation is 1. The van der Waals surface area contributed by atoms with Gasteiger partial charge in [0.2, 0.25) is 0 Å². The van der Waals surface area contributed by atoms with Crippen LogP contribution in [0.2, 0.25) is 0 Å². The van der Waals surface area contributed by atoms with Gasteiger partial charge in [0.25, 0.3) is 0 Å². The number of benzene rings is 1. The van der Waals surface area contributed by atoms with E-state index in [4.69, 9.17) is 9.97 Å². The SMILES string of the molecule is C[C@H]1CCc2c(sc3nc(C45CC6CC(CC(C6)C4)C5)nc(SCC(=O)c4c[nH]c5ccccc45)c23)C1. The Bertz CT molecular complexity index is 1510. The second kappa shape index (κ2) is 8.41. The summed E-state index contributed by atoms with van der Waals surface area (Å²) >= 11 is 3.57. The first kappa shape index (κ1) is 22.8. The summed E-state index contributed by atoms with van der Waals surface area (Å²) < 4.78 is 0. The summed E-state index contributed by atoms with van der Waals surface area (Å²) in [4.78, 5) is 30.2. The number of ketones is 1. The van der Waals surface area contributed by atoms with Crippen molar-refractivity contribution < 1.29 is 4.79 Å². The van der Waals surface area contributed by atoms with Crippen molar-refractivity contribution in [3.8, 4) is 0 Å². The van der Waals surface area contributed by atoms with Gasteiger partial charge in [0.15, 0.2) is 5.78 Å². The van der Waals surface area contributed by atoms with Gasteiger partial charge in [-0.15, -0.1) is 11.3 Å². The number of hydrogen-bond acceptors (Lipinski definition) is 5. The summed E-state index contributed by atoms with van der Waals surface area (Å²) in [6, 6.07) is 8.08. The molecule has 4 nitrogen and oxygen atoms in total. The van der Waals surface area contributed by atoms with Crippen LogP contribution in [0, 0.1) is 23.7 Å². The lowest BCUT2D eigenvalue weighted by atomic mass is 9.49. The Hall–Kier alpha value is -2.18. The molecule has 3 heterocycles. The molecule has 0 saturated heterocycles. The number of fused-ring (bicyclic) bond motifs is 4. The van der Waals surface area contributed by atoms with Gasteiger partial charge in [-0.05, 0) is 93.1 Å². The largest absolute Gasteiger partial charge is 0.360 e. The number of H-pyrrole nitrogens is 1. The number of aromatic amines is 1. The van der Waals surface area contributed by atoms with Crippen LogP contribution in [0.4, 0.5) is 0 Å². The molecule has 37 heavy (non-hydrogen) atoms. The highest BCUT2D eigenvalue weighted by molar-refractivity contribution is 8.00. The Morgan fingerprint density at radius 1 is 1.11 bits per heavy atom. The summed E-state index contributed by atoms with van der Waals surface area (Å²) in [5.74, 6) is 5.01. The quantitative estimate of drug-likeness (QED) is 0.164. The highest BCUT2D eigenvalue weighted by Gasteiger charge is 2.53. The van der Waals surface area contributed by atoms with E-state index in [0.717, 1.165) is 63.8 Å². The van der Waals surface area contributed by atoms with Crippen LogP contribution in [0.25, 0.3) is 21.1 Å². The normalized spacial score (nSPS) is 30.3. The average Bonchev–Trinajstić information content (AvgIpc) is 3.47. The van der Waals surface area contributed by atoms with Gasteiger partial charge in [-0.3, -0.25) is 4.79 Å². The predicted molar refractivity (Wildman–Crippen MR) is 152 cm³/mol. The monoisotopic (exact) mass is 527 g/mol. The van der Waals surface area contributed by atoms with Crippen molar-refractivity contribution in [2.75, 3.05) is 5.75 Å². The second-order valence-corrected chi connectivity index (χ2v) is 14.6. The van der Waals surface area contributed by atoms with Crippen molar-refractivity contribution in [2.45, 2.75) is 75.2 Å². The fourth-order valence-electron chi connectivity index (χ4n) is 8.55. The summed E-state index contributed by atoms with van der Waals surface area (Å²) in [5.41, 5.74) is 3.44. The first-order chi connectivity index (χ1) is 18.0. The molecule has 6 heteroatoms. The van der Waals surface area contributed by atoms with Crippen molar-refractivity contribution in [1.82, 2.24) is 15.0 Å². The lowest BCUT2D eigenvalue weighted by molar-refractivity contribution is -0.00946. The van der Waals surface area contributed by atoms with E-state index in [1.807, 2.05) is 41.8 Å². The van der Waals surface area contributed by atoms with E-state index < -0.39 is 0 Å². The van der Waals surface area contributed by atoms with Crippen LogP contribution in [0.5, 0.6) is 0 Å². The molecule has 1 aromatic carbocycles. The Morgan fingerprint density at radius 2 is 1.86 bits per heavy atom. The van der Waals surface area contributed by atoms with E-state index in [9.17, 15) is 4.79 Å². The minimum atomic E-state index is 0.164. The van der Waals surface area contributed by atoms with E-state index in [-0.39, 0.29) is 11.2 Å². The molecule has 3 aromatic heterocycles. The summed E-state index contributed by atoms with van der Waals surface area (Å²) in [6.07, 6.45) is 13.4. The Kier molecular flexibility index (Phi) is 5.18. The van der Waals surface area contributed by atoms with Crippen LogP contribution in [0.3, 0.4) is 0 Å². The number of rotatable bonds is 5. The molecule has 0 unspecified atom stereocenters. The highest BCUT2D eigenvalue weighted by atomic mass is 32.2. The Morgan fingerprint density at radius 3 is 2.65 bits per heavy atom. The van der Waals surface area contributed by atoms with Gasteiger partial charge >= 0.3 is 0 Å². The molecular formula is C31H33N3OS2. The summed E-state index contributed by atoms with van der Waals surface area (Å²) in [7, 11) is 0. The molecule has 4 aromatic rings. The van der Waals surface area contributed by atoms with E-state index >= 15 is 0 Å². The van der Waals surface area contributed by atoms with E-state index in [1.54, 1.807) is 11.8 Å². The molecule has 190 valence electrons. The maximum atomic E-state index is 13.4. The molecular weight excluding hydrogens is 494 g/mol. The standard InChI is InChI=1S/C31H33N3OS2/c1-17-6-7-22-26(8-17)37-29-27(22)28(36-16-25(35)23-15-32-24-5-3-2-4-21(23)24)33-30(34-29)31-12-18-9-19(13-31)11-20(10-18)14-31/h2-5,15,17-20,32H,6-14,16H2,1H3/t17-,18?,19?,20?,31?/m0/s1. The third kappa shape index (κ3) is 3.65. The highest BCUT2D eigenvalue weighted by Crippen LogP contribution is 2.60. The molecule has 4 bridgehead atoms. The zero-order valence-electron chi connectivity index (χ0n) is 21.4. The first-order valence-electron chi connectivity index (χ1n) is 14.1. The average molecular weight is 528 g/mol. The van der Waals surface area contributed by atoms with Crippen molar-refractivity contribution in [2.24, 2.45) is 23.7 Å². The minimum Gasteiger partial charge on any atom is -0.360 e. The van der Waals surface area contributed by atoms with Gasteiger partial charge in [-0.25, -0.2) is 9.97 Å². The summed E-state index contributed by atoms with van der Waals surface area (Å²) in [5, 5.41) is 3.34. The second-order valence-electron chi connectivity index (χ2n) is 12.5. The number of nitrogens with one attached hydrogen (secondary N) is 1. The number of hydrogen-bond donors (Lipinski definition) is 1. The fourth-order valence-corrected chi connectivity index (χ4v) is 10.9. The predicted octanol–water partition coefficient (Wildman–Crippen LogP) is 7.74. The minimum absolute atomic E-state index is 0.164. The molecule has 1 atom stereocenters. The van der Waals surface area contributed by atoms with Gasteiger partial charge in [0.05, 0.1) is 5.75 Å². The zero-order chi connectivity index (χ0) is 24.7. The maximum absolute atomic E-state index is 13.4. The number of carbonyl (C=O) groups excluding carboxylic acids is 1. The van der Waals surface area contributed by atoms with Crippen LogP contribution in [-0.4, -0.2) is 26.5 Å². The lowest BCUT2D eigenvalue weighted by Gasteiger charge is -2.56. The molecule has 0 spiro atoms. The Labute approximate surface area is 226 Å². The van der Waals surface area contributed by atoms with Crippen LogP contribution in [-0.2, 0) is 18.3 Å². The molecule has 5 aliphatic rings. The topological polar surface area (TPSA) is 58.6 Å². The third-order valence-electron chi connectivity index (χ3n) is 9.86. The van der Waals surface area contributed by atoms with Gasteiger partial charge < -0.3 is 4.98 Å². The van der Waals surface area contributed by atoms with Gasteiger partial charge in [0, 0.05) is 38.3 Å².